The van der Waals surface area contributed by atoms with Crippen LogP contribution in [-0.2, 0) is 20.7 Å². The third-order valence-electron chi connectivity index (χ3n) is 3.77. The second-order valence-electron chi connectivity index (χ2n) is 5.32. The van der Waals surface area contributed by atoms with Crippen LogP contribution < -0.4 is 5.32 Å². The van der Waals surface area contributed by atoms with Crippen LogP contribution in [-0.4, -0.2) is 34.8 Å². The number of amides is 1. The minimum absolute atomic E-state index is 0.211. The maximum atomic E-state index is 12.0. The number of carbonyl (C=O) groups excluding carboxylic acids is 2. The molecule has 120 valence electrons. The van der Waals surface area contributed by atoms with Crippen LogP contribution in [0.1, 0.15) is 43.4 Å². The first-order valence-corrected chi connectivity index (χ1v) is 7.47. The molecule has 1 aromatic rings. The molecule has 6 nitrogen and oxygen atoms in total. The molecule has 2 rings (SSSR count). The number of fused-ring (bicyclic) bond motifs is 1. The van der Waals surface area contributed by atoms with Crippen molar-refractivity contribution in [3.05, 3.63) is 29.3 Å². The number of rotatable bonds is 5. The Morgan fingerprint density at radius 3 is 2.95 bits per heavy atom. The van der Waals surface area contributed by atoms with Crippen LogP contribution >= 0.6 is 0 Å². The highest BCUT2D eigenvalue weighted by molar-refractivity contribution is 5.85. The molecule has 0 unspecified atom stereocenters. The number of hydrogen-bond donors (Lipinski definition) is 3. The number of esters is 1. The van der Waals surface area contributed by atoms with E-state index in [1.807, 2.05) is 6.07 Å². The Bertz CT molecular complexity index is 557. The van der Waals surface area contributed by atoms with Gasteiger partial charge in [0.2, 0.25) is 5.91 Å². The SMILES string of the molecule is CCOC(=O)C[C@H](O)C(=O)N[C@@H]1CCCc2c(O)cccc21. The minimum Gasteiger partial charge on any atom is -0.508 e. The Kier molecular flexibility index (Phi) is 5.38. The minimum atomic E-state index is -1.43. The predicted octanol–water partition coefficient (Wildman–Crippen LogP) is 1.20. The zero-order valence-corrected chi connectivity index (χ0v) is 12.5. The molecule has 0 spiro atoms. The summed E-state index contributed by atoms with van der Waals surface area (Å²) in [6.07, 6.45) is 0.540. The summed E-state index contributed by atoms with van der Waals surface area (Å²) >= 11 is 0. The molecule has 0 heterocycles. The number of carbonyl (C=O) groups is 2. The Morgan fingerprint density at radius 1 is 1.45 bits per heavy atom. The molecule has 1 aliphatic rings. The van der Waals surface area contributed by atoms with Crippen molar-refractivity contribution in [2.24, 2.45) is 0 Å². The number of phenolic OH excluding ortho intramolecular Hbond substituents is 1. The maximum Gasteiger partial charge on any atom is 0.308 e. The van der Waals surface area contributed by atoms with Crippen molar-refractivity contribution in [1.82, 2.24) is 5.32 Å². The number of ether oxygens (including phenoxy) is 1. The number of hydrogen-bond acceptors (Lipinski definition) is 5. The molecule has 1 aromatic carbocycles. The molecule has 0 aliphatic heterocycles. The molecule has 1 amide bonds. The van der Waals surface area contributed by atoms with E-state index in [1.54, 1.807) is 19.1 Å². The van der Waals surface area contributed by atoms with Crippen molar-refractivity contribution >= 4 is 11.9 Å². The van der Waals surface area contributed by atoms with Gasteiger partial charge in [-0.15, -0.1) is 0 Å². The number of benzene rings is 1. The first-order valence-electron chi connectivity index (χ1n) is 7.47. The number of phenols is 1. The number of aromatic hydroxyl groups is 1. The van der Waals surface area contributed by atoms with Crippen molar-refractivity contribution in [3.63, 3.8) is 0 Å². The summed E-state index contributed by atoms with van der Waals surface area (Å²) in [7, 11) is 0. The average Bonchev–Trinajstić information content (AvgIpc) is 2.48. The second-order valence-corrected chi connectivity index (χ2v) is 5.32. The number of aliphatic hydroxyl groups excluding tert-OH is 1. The van der Waals surface area contributed by atoms with E-state index in [0.717, 1.165) is 30.4 Å². The van der Waals surface area contributed by atoms with Gasteiger partial charge in [0.05, 0.1) is 19.1 Å². The van der Waals surface area contributed by atoms with Gasteiger partial charge in [0, 0.05) is 0 Å². The van der Waals surface area contributed by atoms with Crippen molar-refractivity contribution < 1.29 is 24.5 Å². The molecule has 1 aliphatic carbocycles. The largest absolute Gasteiger partial charge is 0.508 e. The van der Waals surface area contributed by atoms with Gasteiger partial charge in [0.15, 0.2) is 0 Å². The van der Waals surface area contributed by atoms with Gasteiger partial charge < -0.3 is 20.3 Å². The summed E-state index contributed by atoms with van der Waals surface area (Å²) in [5.41, 5.74) is 1.70. The third kappa shape index (κ3) is 3.76. The molecular weight excluding hydrogens is 286 g/mol. The normalized spacial score (nSPS) is 18.2. The van der Waals surface area contributed by atoms with Crippen molar-refractivity contribution in [2.45, 2.75) is 44.8 Å². The fraction of sp³-hybridized carbons (Fsp3) is 0.500. The van der Waals surface area contributed by atoms with Crippen LogP contribution in [0.4, 0.5) is 0 Å². The molecule has 2 atom stereocenters. The lowest BCUT2D eigenvalue weighted by molar-refractivity contribution is -0.148. The highest BCUT2D eigenvalue weighted by Gasteiger charge is 2.27. The highest BCUT2D eigenvalue weighted by Crippen LogP contribution is 2.34. The summed E-state index contributed by atoms with van der Waals surface area (Å²) in [4.78, 5) is 23.3. The molecule has 0 fully saturated rings. The molecule has 6 heteroatoms. The van der Waals surface area contributed by atoms with E-state index in [1.165, 1.54) is 0 Å². The van der Waals surface area contributed by atoms with E-state index in [0.29, 0.717) is 0 Å². The summed E-state index contributed by atoms with van der Waals surface area (Å²) in [5, 5.41) is 22.4. The van der Waals surface area contributed by atoms with Gasteiger partial charge in [-0.05, 0) is 43.4 Å². The Hall–Kier alpha value is -2.08. The first kappa shape index (κ1) is 16.3. The van der Waals surface area contributed by atoms with Gasteiger partial charge >= 0.3 is 5.97 Å². The van der Waals surface area contributed by atoms with Crippen molar-refractivity contribution in [2.75, 3.05) is 6.61 Å². The molecule has 0 saturated carbocycles. The fourth-order valence-electron chi connectivity index (χ4n) is 2.72. The molecule has 0 saturated heterocycles. The van der Waals surface area contributed by atoms with Gasteiger partial charge in [-0.3, -0.25) is 9.59 Å². The third-order valence-corrected chi connectivity index (χ3v) is 3.77. The van der Waals surface area contributed by atoms with Crippen molar-refractivity contribution in [1.29, 1.82) is 0 Å². The molecule has 3 N–H and O–H groups in total. The van der Waals surface area contributed by atoms with E-state index in [9.17, 15) is 19.8 Å². The second kappa shape index (κ2) is 7.26. The monoisotopic (exact) mass is 307 g/mol. The fourth-order valence-corrected chi connectivity index (χ4v) is 2.72. The standard InChI is InChI=1S/C16H21NO5/c1-2-22-15(20)9-14(19)16(21)17-12-7-3-6-11-10(12)5-4-8-13(11)18/h4-5,8,12,14,18-19H,2-3,6-7,9H2,1H3,(H,17,21)/t12-,14+/m1/s1. The van der Waals surface area contributed by atoms with Crippen LogP contribution in [0.2, 0.25) is 0 Å². The Labute approximate surface area is 129 Å². The molecule has 0 aromatic heterocycles. The maximum absolute atomic E-state index is 12.0. The smallest absolute Gasteiger partial charge is 0.308 e. The van der Waals surface area contributed by atoms with Gasteiger partial charge in [-0.2, -0.15) is 0 Å². The number of nitrogens with one attached hydrogen (secondary N) is 1. The predicted molar refractivity (Wildman–Crippen MR) is 79.2 cm³/mol. The average molecular weight is 307 g/mol. The summed E-state index contributed by atoms with van der Waals surface area (Å²) < 4.78 is 4.71. The van der Waals surface area contributed by atoms with Gasteiger partial charge in [-0.1, -0.05) is 12.1 Å². The zero-order valence-electron chi connectivity index (χ0n) is 12.5. The summed E-state index contributed by atoms with van der Waals surface area (Å²) in [6, 6.07) is 4.95. The lowest BCUT2D eigenvalue weighted by atomic mass is 9.87. The topological polar surface area (TPSA) is 95.9 Å². The quantitative estimate of drug-likeness (QED) is 0.710. The van der Waals surface area contributed by atoms with Gasteiger partial charge in [-0.25, -0.2) is 0 Å². The van der Waals surface area contributed by atoms with E-state index in [2.05, 4.69) is 5.32 Å². The van der Waals surface area contributed by atoms with E-state index in [-0.39, 0.29) is 24.8 Å². The van der Waals surface area contributed by atoms with Crippen LogP contribution in [0, 0.1) is 0 Å². The van der Waals surface area contributed by atoms with Gasteiger partial charge in [0.1, 0.15) is 11.9 Å². The lowest BCUT2D eigenvalue weighted by Gasteiger charge is -2.27. The first-order chi connectivity index (χ1) is 10.5. The van der Waals surface area contributed by atoms with Gasteiger partial charge in [0.25, 0.3) is 0 Å². The van der Waals surface area contributed by atoms with Crippen LogP contribution in [0.5, 0.6) is 5.75 Å². The van der Waals surface area contributed by atoms with E-state index in [4.69, 9.17) is 4.74 Å². The molecule has 0 bridgehead atoms. The Balaban J connectivity index is 2.01. The summed E-state index contributed by atoms with van der Waals surface area (Å²) in [5.74, 6) is -0.982. The van der Waals surface area contributed by atoms with E-state index < -0.39 is 18.0 Å². The number of aliphatic hydroxyl groups is 1. The summed E-state index contributed by atoms with van der Waals surface area (Å²) in [6.45, 7) is 1.87. The Morgan fingerprint density at radius 2 is 2.23 bits per heavy atom. The molecule has 22 heavy (non-hydrogen) atoms. The zero-order chi connectivity index (χ0) is 16.1. The van der Waals surface area contributed by atoms with Crippen LogP contribution in [0.15, 0.2) is 18.2 Å². The highest BCUT2D eigenvalue weighted by atomic mass is 16.5. The molecular formula is C16H21NO5. The van der Waals surface area contributed by atoms with Crippen LogP contribution in [0.25, 0.3) is 0 Å². The molecule has 0 radical (unpaired) electrons. The van der Waals surface area contributed by atoms with E-state index >= 15 is 0 Å². The van der Waals surface area contributed by atoms with Crippen LogP contribution in [0.3, 0.4) is 0 Å². The van der Waals surface area contributed by atoms with Crippen molar-refractivity contribution in [3.8, 4) is 5.75 Å². The lowest BCUT2D eigenvalue weighted by Crippen LogP contribution is -2.39.